The van der Waals surface area contributed by atoms with Crippen LogP contribution >= 0.6 is 0 Å². The van der Waals surface area contributed by atoms with Crippen LogP contribution in [0.15, 0.2) is 0 Å². The lowest BCUT2D eigenvalue weighted by atomic mass is 10.0. The molecule has 1 unspecified atom stereocenters. The Kier molecular flexibility index (Phi) is 15.2. The monoisotopic (exact) mass is 355 g/mol. The van der Waals surface area contributed by atoms with E-state index in [1.54, 1.807) is 6.92 Å². The molecule has 0 aliphatic carbocycles. The maximum Gasteiger partial charge on any atom is 0.326 e. The Morgan fingerprint density at radius 3 is 1.60 bits per heavy atom. The molecule has 0 aromatic heterocycles. The fourth-order valence-corrected chi connectivity index (χ4v) is 2.82. The van der Waals surface area contributed by atoms with E-state index < -0.39 is 23.7 Å². The second-order valence-corrected chi connectivity index (χ2v) is 6.83. The van der Waals surface area contributed by atoms with Gasteiger partial charge in [0.25, 0.3) is 5.91 Å². The number of carbonyl (C=O) groups excluding carboxylic acids is 2. The van der Waals surface area contributed by atoms with Crippen LogP contribution in [0.1, 0.15) is 104 Å². The van der Waals surface area contributed by atoms with Gasteiger partial charge in [-0.05, 0) is 12.8 Å². The maximum absolute atomic E-state index is 11.7. The lowest BCUT2D eigenvalue weighted by Gasteiger charge is -2.11. The first-order valence-electron chi connectivity index (χ1n) is 10.1. The van der Waals surface area contributed by atoms with Gasteiger partial charge in [0.2, 0.25) is 5.78 Å². The molecule has 25 heavy (non-hydrogen) atoms. The van der Waals surface area contributed by atoms with E-state index >= 15 is 0 Å². The van der Waals surface area contributed by atoms with Crippen molar-refractivity contribution in [3.05, 3.63) is 0 Å². The van der Waals surface area contributed by atoms with Crippen LogP contribution in [0, 0.1) is 0 Å². The van der Waals surface area contributed by atoms with Crippen LogP contribution in [0.4, 0.5) is 0 Å². The van der Waals surface area contributed by atoms with Gasteiger partial charge in [-0.3, -0.25) is 9.59 Å². The highest BCUT2D eigenvalue weighted by atomic mass is 16.4. The molecule has 0 radical (unpaired) electrons. The van der Waals surface area contributed by atoms with Crippen molar-refractivity contribution in [2.45, 2.75) is 110 Å². The van der Waals surface area contributed by atoms with E-state index in [1.165, 1.54) is 57.8 Å². The molecule has 2 N–H and O–H groups in total. The number of carboxylic acid groups (broad SMARTS) is 1. The standard InChI is InChI=1S/C20H37NO4/c1-3-5-6-7-8-9-10-11-12-13-14-15-16-18(22)19(23)21-17(4-2)20(24)25/h17H,3-16H2,1-2H3,(H,21,23)(H,24,25). The van der Waals surface area contributed by atoms with E-state index in [2.05, 4.69) is 12.2 Å². The molecular formula is C20H37NO4. The number of carbonyl (C=O) groups is 3. The molecule has 0 rings (SSSR count). The smallest absolute Gasteiger partial charge is 0.326 e. The molecule has 0 heterocycles. The van der Waals surface area contributed by atoms with Crippen molar-refractivity contribution < 1.29 is 19.5 Å². The third kappa shape index (κ3) is 13.6. The largest absolute Gasteiger partial charge is 0.480 e. The van der Waals surface area contributed by atoms with Gasteiger partial charge in [-0.15, -0.1) is 0 Å². The molecule has 0 fully saturated rings. The molecule has 0 aromatic carbocycles. The second kappa shape index (κ2) is 16.1. The van der Waals surface area contributed by atoms with Crippen LogP contribution in [-0.2, 0) is 14.4 Å². The van der Waals surface area contributed by atoms with Crippen molar-refractivity contribution in [2.24, 2.45) is 0 Å². The van der Waals surface area contributed by atoms with Crippen molar-refractivity contribution in [2.75, 3.05) is 0 Å². The van der Waals surface area contributed by atoms with Gasteiger partial charge in [0.05, 0.1) is 0 Å². The first-order chi connectivity index (χ1) is 12.0. The van der Waals surface area contributed by atoms with Gasteiger partial charge in [0.1, 0.15) is 6.04 Å². The zero-order chi connectivity index (χ0) is 18.9. The summed E-state index contributed by atoms with van der Waals surface area (Å²) in [6.07, 6.45) is 15.0. The third-order valence-electron chi connectivity index (χ3n) is 4.52. The third-order valence-corrected chi connectivity index (χ3v) is 4.52. The first kappa shape index (κ1) is 23.6. The van der Waals surface area contributed by atoms with Gasteiger partial charge in [0, 0.05) is 6.42 Å². The van der Waals surface area contributed by atoms with E-state index in [-0.39, 0.29) is 12.8 Å². The molecule has 5 nitrogen and oxygen atoms in total. The van der Waals surface area contributed by atoms with Gasteiger partial charge < -0.3 is 10.4 Å². The van der Waals surface area contributed by atoms with Crippen molar-refractivity contribution >= 4 is 17.7 Å². The van der Waals surface area contributed by atoms with E-state index in [1.807, 2.05) is 0 Å². The minimum Gasteiger partial charge on any atom is -0.480 e. The van der Waals surface area contributed by atoms with Crippen molar-refractivity contribution in [3.63, 3.8) is 0 Å². The summed E-state index contributed by atoms with van der Waals surface area (Å²) in [6.45, 7) is 3.90. The lowest BCUT2D eigenvalue weighted by molar-refractivity contribution is -0.144. The Labute approximate surface area is 153 Å². The van der Waals surface area contributed by atoms with Gasteiger partial charge >= 0.3 is 5.97 Å². The van der Waals surface area contributed by atoms with Gasteiger partial charge in [-0.2, -0.15) is 0 Å². The van der Waals surface area contributed by atoms with Crippen LogP contribution < -0.4 is 5.32 Å². The Bertz CT molecular complexity index is 382. The average Bonchev–Trinajstić information content (AvgIpc) is 2.59. The van der Waals surface area contributed by atoms with E-state index in [9.17, 15) is 14.4 Å². The molecule has 0 saturated heterocycles. The highest BCUT2D eigenvalue weighted by molar-refractivity contribution is 6.36. The zero-order valence-corrected chi connectivity index (χ0v) is 16.1. The highest BCUT2D eigenvalue weighted by Crippen LogP contribution is 2.12. The fourth-order valence-electron chi connectivity index (χ4n) is 2.82. The number of amides is 1. The van der Waals surface area contributed by atoms with E-state index in [4.69, 9.17) is 5.11 Å². The Balaban J connectivity index is 3.51. The van der Waals surface area contributed by atoms with Crippen LogP contribution in [0.5, 0.6) is 0 Å². The maximum atomic E-state index is 11.7. The Morgan fingerprint density at radius 2 is 1.20 bits per heavy atom. The number of unbranched alkanes of at least 4 members (excludes halogenated alkanes) is 11. The number of ketones is 1. The zero-order valence-electron chi connectivity index (χ0n) is 16.1. The average molecular weight is 356 g/mol. The van der Waals surface area contributed by atoms with E-state index in [0.717, 1.165) is 12.8 Å². The van der Waals surface area contributed by atoms with Crippen molar-refractivity contribution in [1.29, 1.82) is 0 Å². The number of hydrogen-bond acceptors (Lipinski definition) is 3. The number of rotatable bonds is 17. The first-order valence-corrected chi connectivity index (χ1v) is 10.1. The summed E-state index contributed by atoms with van der Waals surface area (Å²) in [5.74, 6) is -2.38. The fraction of sp³-hybridized carbons (Fsp3) is 0.850. The molecule has 0 aromatic rings. The summed E-state index contributed by atoms with van der Waals surface area (Å²) in [5.41, 5.74) is 0. The Morgan fingerprint density at radius 1 is 0.760 bits per heavy atom. The SMILES string of the molecule is CCCCCCCCCCCCCCC(=O)C(=O)NC(CC)C(=O)O. The molecule has 0 aliphatic rings. The van der Waals surface area contributed by atoms with Gasteiger partial charge in [0.15, 0.2) is 0 Å². The topological polar surface area (TPSA) is 83.5 Å². The second-order valence-electron chi connectivity index (χ2n) is 6.83. The predicted octanol–water partition coefficient (Wildman–Crippen LogP) is 4.63. The number of carboxylic acids is 1. The molecule has 0 saturated carbocycles. The summed E-state index contributed by atoms with van der Waals surface area (Å²) in [4.78, 5) is 34.2. The molecular weight excluding hydrogens is 318 g/mol. The van der Waals surface area contributed by atoms with E-state index in [0.29, 0.717) is 6.42 Å². The van der Waals surface area contributed by atoms with Crippen LogP contribution in [-0.4, -0.2) is 28.8 Å². The minimum atomic E-state index is -1.10. The molecule has 0 aliphatic heterocycles. The van der Waals surface area contributed by atoms with Gasteiger partial charge in [-0.1, -0.05) is 84.5 Å². The summed E-state index contributed by atoms with van der Waals surface area (Å²) < 4.78 is 0. The van der Waals surface area contributed by atoms with Crippen molar-refractivity contribution in [3.8, 4) is 0 Å². The Hall–Kier alpha value is -1.39. The molecule has 0 spiro atoms. The summed E-state index contributed by atoms with van der Waals surface area (Å²) in [5, 5.41) is 11.1. The van der Waals surface area contributed by atoms with Crippen LogP contribution in [0.3, 0.4) is 0 Å². The quantitative estimate of drug-likeness (QED) is 0.294. The number of aliphatic carboxylic acids is 1. The molecule has 0 bridgehead atoms. The van der Waals surface area contributed by atoms with Crippen molar-refractivity contribution in [1.82, 2.24) is 5.32 Å². The lowest BCUT2D eigenvalue weighted by Crippen LogP contribution is -2.43. The normalized spacial score (nSPS) is 11.9. The summed E-state index contributed by atoms with van der Waals surface area (Å²) in [7, 11) is 0. The number of hydrogen-bond donors (Lipinski definition) is 2. The molecule has 1 amide bonds. The number of nitrogens with one attached hydrogen (secondary N) is 1. The summed E-state index contributed by atoms with van der Waals surface area (Å²) in [6, 6.07) is -0.974. The minimum absolute atomic E-state index is 0.208. The molecule has 1 atom stereocenters. The van der Waals surface area contributed by atoms with Crippen LogP contribution in [0.25, 0.3) is 0 Å². The highest BCUT2D eigenvalue weighted by Gasteiger charge is 2.21. The molecule has 146 valence electrons. The van der Waals surface area contributed by atoms with Crippen LogP contribution in [0.2, 0.25) is 0 Å². The molecule has 5 heteroatoms. The predicted molar refractivity (Wildman–Crippen MR) is 101 cm³/mol. The summed E-state index contributed by atoms with van der Waals surface area (Å²) >= 11 is 0. The van der Waals surface area contributed by atoms with Gasteiger partial charge in [-0.25, -0.2) is 4.79 Å². The number of Topliss-reactive ketones (excluding diaryl/α,β-unsaturated/α-hetero) is 1.